The van der Waals surface area contributed by atoms with Crippen LogP contribution in [0.2, 0.25) is 0 Å². The molecule has 0 radical (unpaired) electrons. The third kappa shape index (κ3) is 3.22. The molecule has 18 heavy (non-hydrogen) atoms. The summed E-state index contributed by atoms with van der Waals surface area (Å²) in [6.45, 7) is 7.39. The van der Waals surface area contributed by atoms with E-state index < -0.39 is 11.4 Å². The third-order valence-corrected chi connectivity index (χ3v) is 5.61. The van der Waals surface area contributed by atoms with Crippen LogP contribution in [0.4, 0.5) is 0 Å². The Morgan fingerprint density at radius 1 is 1.11 bits per heavy atom. The molecule has 1 aliphatic carbocycles. The smallest absolute Gasteiger partial charge is 0.168 e. The summed E-state index contributed by atoms with van der Waals surface area (Å²) in [5.74, 6) is -0.343. The van der Waals surface area contributed by atoms with E-state index in [0.29, 0.717) is 13.2 Å². The van der Waals surface area contributed by atoms with Crippen LogP contribution in [0.3, 0.4) is 0 Å². The summed E-state index contributed by atoms with van der Waals surface area (Å²) in [6.07, 6.45) is 3.65. The van der Waals surface area contributed by atoms with Crippen molar-refractivity contribution in [3.63, 3.8) is 0 Å². The molecule has 0 aromatic carbocycles. The molecule has 1 saturated carbocycles. The zero-order valence-corrected chi connectivity index (χ0v) is 12.7. The Hall–Kier alpha value is 0.255. The van der Waals surface area contributed by atoms with Gasteiger partial charge in [-0.25, -0.2) is 0 Å². The molecule has 104 valence electrons. The second kappa shape index (κ2) is 4.98. The van der Waals surface area contributed by atoms with Crippen molar-refractivity contribution in [2.24, 2.45) is 0 Å². The summed E-state index contributed by atoms with van der Waals surface area (Å²) in [5, 5.41) is 0. The maximum Gasteiger partial charge on any atom is 0.168 e. The van der Waals surface area contributed by atoms with Gasteiger partial charge in [-0.3, -0.25) is 0 Å². The number of hydrogen-bond acceptors (Lipinski definition) is 4. The van der Waals surface area contributed by atoms with E-state index in [0.717, 1.165) is 25.7 Å². The van der Waals surface area contributed by atoms with Gasteiger partial charge in [-0.1, -0.05) is 0 Å². The van der Waals surface area contributed by atoms with Gasteiger partial charge in [0, 0.05) is 29.6 Å². The number of hydrogen-bond donors (Lipinski definition) is 1. The second-order valence-electron chi connectivity index (χ2n) is 6.65. The minimum Gasteiger partial charge on any atom is -0.598 e. The fourth-order valence-corrected chi connectivity index (χ4v) is 3.41. The van der Waals surface area contributed by atoms with Crippen molar-refractivity contribution in [2.45, 2.75) is 62.4 Å². The van der Waals surface area contributed by atoms with Gasteiger partial charge in [0.2, 0.25) is 0 Å². The highest BCUT2D eigenvalue weighted by molar-refractivity contribution is 7.90. The first-order chi connectivity index (χ1) is 8.25. The minimum atomic E-state index is -1.02. The molecule has 1 heterocycles. The fourth-order valence-electron chi connectivity index (χ4n) is 2.45. The lowest BCUT2D eigenvalue weighted by atomic mass is 9.67. The average Bonchev–Trinajstić information content (AvgIpc) is 2.71. The summed E-state index contributed by atoms with van der Waals surface area (Å²) in [5.41, 5.74) is -0.0707. The predicted octanol–water partition coefficient (Wildman–Crippen LogP) is 0.685. The summed E-state index contributed by atoms with van der Waals surface area (Å²) in [6, 6.07) is 0. The van der Waals surface area contributed by atoms with Crippen LogP contribution in [0, 0.1) is 0 Å². The van der Waals surface area contributed by atoms with E-state index in [1.807, 2.05) is 20.8 Å². The Bertz CT molecular complexity index is 292. The maximum absolute atomic E-state index is 12.2. The Kier molecular flexibility index (Phi) is 4.06. The zero-order valence-electron chi connectivity index (χ0n) is 11.9. The third-order valence-electron chi connectivity index (χ3n) is 3.82. The van der Waals surface area contributed by atoms with E-state index >= 15 is 0 Å². The van der Waals surface area contributed by atoms with Crippen LogP contribution in [-0.2, 0) is 20.8 Å². The molecule has 1 N–H and O–H groups in total. The summed E-state index contributed by atoms with van der Waals surface area (Å²) < 4.78 is 26.7. The standard InChI is InChI=1S/C12H24BNO3S/c1-10(2,3)18(15)14-11(13)4-6-12(7-5-11)16-8-9-17-12/h14H,4-9,13H2,1-3H3. The van der Waals surface area contributed by atoms with Crippen LogP contribution in [0.25, 0.3) is 0 Å². The molecule has 1 atom stereocenters. The molecule has 2 fully saturated rings. The van der Waals surface area contributed by atoms with Gasteiger partial charge in [-0.15, -0.1) is 4.72 Å². The molecule has 0 bridgehead atoms. The SMILES string of the molecule is BC1(N[S+]([O-])C(C)(C)C)CCC2(CC1)OCCO2. The molecule has 0 aromatic heterocycles. The Labute approximate surface area is 114 Å². The van der Waals surface area contributed by atoms with Gasteiger partial charge in [0.15, 0.2) is 5.79 Å². The Morgan fingerprint density at radius 3 is 2.06 bits per heavy atom. The van der Waals surface area contributed by atoms with E-state index in [4.69, 9.17) is 9.47 Å². The largest absolute Gasteiger partial charge is 0.598 e. The quantitative estimate of drug-likeness (QED) is 0.594. The van der Waals surface area contributed by atoms with E-state index in [1.165, 1.54) is 0 Å². The van der Waals surface area contributed by atoms with Crippen LogP contribution in [-0.4, -0.2) is 41.6 Å². The molecular formula is C12H24BNO3S. The molecule has 4 nitrogen and oxygen atoms in total. The zero-order chi connectivity index (χ0) is 13.4. The highest BCUT2D eigenvalue weighted by atomic mass is 32.2. The van der Waals surface area contributed by atoms with Crippen molar-refractivity contribution in [3.8, 4) is 0 Å². The van der Waals surface area contributed by atoms with Gasteiger partial charge >= 0.3 is 0 Å². The minimum absolute atomic E-state index is 0.0707. The van der Waals surface area contributed by atoms with Crippen LogP contribution < -0.4 is 4.72 Å². The fraction of sp³-hybridized carbons (Fsp3) is 1.00. The molecule has 1 unspecified atom stereocenters. The van der Waals surface area contributed by atoms with E-state index in [-0.39, 0.29) is 16.0 Å². The van der Waals surface area contributed by atoms with Crippen molar-refractivity contribution < 1.29 is 14.0 Å². The van der Waals surface area contributed by atoms with Gasteiger partial charge in [0.05, 0.1) is 13.2 Å². The van der Waals surface area contributed by atoms with E-state index in [2.05, 4.69) is 12.6 Å². The van der Waals surface area contributed by atoms with Gasteiger partial charge in [0.1, 0.15) is 12.6 Å². The topological polar surface area (TPSA) is 53.5 Å². The lowest BCUT2D eigenvalue weighted by Gasteiger charge is -2.42. The van der Waals surface area contributed by atoms with Gasteiger partial charge < -0.3 is 14.0 Å². The summed E-state index contributed by atoms with van der Waals surface area (Å²) in [7, 11) is 2.15. The van der Waals surface area contributed by atoms with Crippen molar-refractivity contribution in [3.05, 3.63) is 0 Å². The lowest BCUT2D eigenvalue weighted by molar-refractivity contribution is -0.181. The van der Waals surface area contributed by atoms with Gasteiger partial charge in [-0.05, 0) is 33.6 Å². The molecule has 2 aliphatic rings. The number of ether oxygens (including phenoxy) is 2. The predicted molar refractivity (Wildman–Crippen MR) is 75.4 cm³/mol. The van der Waals surface area contributed by atoms with Crippen molar-refractivity contribution >= 4 is 19.2 Å². The van der Waals surface area contributed by atoms with Crippen molar-refractivity contribution in [1.29, 1.82) is 0 Å². The van der Waals surface area contributed by atoms with Crippen LogP contribution in [0.1, 0.15) is 46.5 Å². The summed E-state index contributed by atoms with van der Waals surface area (Å²) >= 11 is -1.02. The van der Waals surface area contributed by atoms with Crippen LogP contribution in [0.5, 0.6) is 0 Å². The summed E-state index contributed by atoms with van der Waals surface area (Å²) in [4.78, 5) is 0. The van der Waals surface area contributed by atoms with Crippen molar-refractivity contribution in [1.82, 2.24) is 4.72 Å². The van der Waals surface area contributed by atoms with Crippen LogP contribution >= 0.6 is 0 Å². The van der Waals surface area contributed by atoms with Gasteiger partial charge in [-0.2, -0.15) is 0 Å². The van der Waals surface area contributed by atoms with E-state index in [1.54, 1.807) is 0 Å². The normalized spacial score (nSPS) is 28.4. The molecule has 0 amide bonds. The first-order valence-electron chi connectivity index (χ1n) is 6.72. The molecule has 6 heteroatoms. The molecule has 1 spiro atoms. The molecule has 1 aliphatic heterocycles. The maximum atomic E-state index is 12.2. The molecule has 2 rings (SSSR count). The monoisotopic (exact) mass is 273 g/mol. The Balaban J connectivity index is 1.91. The number of nitrogens with one attached hydrogen (secondary N) is 1. The highest BCUT2D eigenvalue weighted by Crippen LogP contribution is 2.39. The first kappa shape index (κ1) is 14.7. The lowest BCUT2D eigenvalue weighted by Crippen LogP contribution is -2.57. The Morgan fingerprint density at radius 2 is 1.61 bits per heavy atom. The second-order valence-corrected chi connectivity index (χ2v) is 8.62. The molecular weight excluding hydrogens is 249 g/mol. The highest BCUT2D eigenvalue weighted by Gasteiger charge is 2.46. The van der Waals surface area contributed by atoms with Gasteiger partial charge in [0.25, 0.3) is 0 Å². The average molecular weight is 273 g/mol. The molecule has 1 saturated heterocycles. The van der Waals surface area contributed by atoms with E-state index in [9.17, 15) is 4.55 Å². The van der Waals surface area contributed by atoms with Crippen LogP contribution in [0.15, 0.2) is 0 Å². The van der Waals surface area contributed by atoms with Crippen molar-refractivity contribution in [2.75, 3.05) is 13.2 Å². The molecule has 0 aromatic rings. The number of rotatable bonds is 2. The first-order valence-corrected chi connectivity index (χ1v) is 7.87.